The second-order valence-corrected chi connectivity index (χ2v) is 17.8. The van der Waals surface area contributed by atoms with Gasteiger partial charge in [-0.2, -0.15) is 0 Å². The number of hydrogen-bond acceptors (Lipinski definition) is 3. The first-order chi connectivity index (χ1) is 6.12. The third-order valence-corrected chi connectivity index (χ3v) is 12.2. The van der Waals surface area contributed by atoms with E-state index in [9.17, 15) is 0 Å². The average Bonchev–Trinajstić information content (AvgIpc) is 1.78. The van der Waals surface area contributed by atoms with Crippen LogP contribution in [0.15, 0.2) is 0 Å². The minimum atomic E-state index is -1.88. The minimum absolute atomic E-state index is 0.789. The summed E-state index contributed by atoms with van der Waals surface area (Å²) in [6.07, 6.45) is 0. The zero-order chi connectivity index (χ0) is 11.4. The molecule has 0 amide bonds. The van der Waals surface area contributed by atoms with Gasteiger partial charge in [-0.15, -0.1) is 0 Å². The van der Waals surface area contributed by atoms with E-state index in [4.69, 9.17) is 12.3 Å². The maximum Gasteiger partial charge on any atom is 0.312 e. The molecule has 7 heteroatoms. The van der Waals surface area contributed by atoms with Gasteiger partial charge in [-0.1, -0.05) is 0 Å². The monoisotopic (exact) mass is 268 g/mol. The van der Waals surface area contributed by atoms with Crippen molar-refractivity contribution in [2.45, 2.75) is 45.8 Å². The molecule has 0 heterocycles. The SMILES string of the molecule is C[SiH](C)O[SiH2]O[Si](C)(C)O[Si](C)(C)C. The molecule has 0 rings (SSSR count). The highest BCUT2D eigenvalue weighted by atomic mass is 28.5. The van der Waals surface area contributed by atoms with Gasteiger partial charge in [0.2, 0.25) is 0 Å². The Labute approximate surface area is 94.3 Å². The summed E-state index contributed by atoms with van der Waals surface area (Å²) >= 11 is 0. The van der Waals surface area contributed by atoms with Gasteiger partial charge in [-0.3, -0.25) is 0 Å². The molecule has 0 aromatic carbocycles. The lowest BCUT2D eigenvalue weighted by molar-refractivity contribution is 0.372. The second kappa shape index (κ2) is 5.73. The van der Waals surface area contributed by atoms with E-state index in [1.165, 1.54) is 0 Å². The largest absolute Gasteiger partial charge is 0.444 e. The summed E-state index contributed by atoms with van der Waals surface area (Å²) in [5, 5.41) is 0. The molecule has 0 saturated heterocycles. The zero-order valence-corrected chi connectivity index (χ0v) is 15.1. The van der Waals surface area contributed by atoms with Gasteiger partial charge < -0.3 is 12.3 Å². The highest BCUT2D eigenvalue weighted by Crippen LogP contribution is 2.14. The highest BCUT2D eigenvalue weighted by Gasteiger charge is 2.31. The predicted octanol–water partition coefficient (Wildman–Crippen LogP) is 1.56. The average molecular weight is 269 g/mol. The van der Waals surface area contributed by atoms with Crippen LogP contribution in [0.5, 0.6) is 0 Å². The predicted molar refractivity (Wildman–Crippen MR) is 71.5 cm³/mol. The summed E-state index contributed by atoms with van der Waals surface area (Å²) in [7, 11) is -5.03. The quantitative estimate of drug-likeness (QED) is 0.684. The lowest BCUT2D eigenvalue weighted by Gasteiger charge is -2.31. The van der Waals surface area contributed by atoms with Gasteiger partial charge in [0.05, 0.1) is 0 Å². The van der Waals surface area contributed by atoms with Crippen LogP contribution in [-0.4, -0.2) is 35.9 Å². The van der Waals surface area contributed by atoms with Crippen molar-refractivity contribution < 1.29 is 12.3 Å². The Bertz CT molecular complexity index is 167. The molecule has 0 atom stereocenters. The van der Waals surface area contributed by atoms with Crippen LogP contribution in [0, 0.1) is 0 Å². The smallest absolute Gasteiger partial charge is 0.312 e. The molecule has 0 radical (unpaired) electrons. The second-order valence-electron chi connectivity index (χ2n) is 5.09. The van der Waals surface area contributed by atoms with Crippen molar-refractivity contribution in [3.05, 3.63) is 0 Å². The van der Waals surface area contributed by atoms with E-state index >= 15 is 0 Å². The van der Waals surface area contributed by atoms with E-state index in [0.717, 1.165) is 0 Å². The molecule has 0 fully saturated rings. The zero-order valence-electron chi connectivity index (χ0n) is 10.5. The van der Waals surface area contributed by atoms with Crippen molar-refractivity contribution in [3.63, 3.8) is 0 Å². The molecule has 0 spiro atoms. The van der Waals surface area contributed by atoms with Crippen LogP contribution >= 0.6 is 0 Å². The first-order valence-corrected chi connectivity index (χ1v) is 15.2. The topological polar surface area (TPSA) is 27.7 Å². The van der Waals surface area contributed by atoms with Crippen LogP contribution in [0.3, 0.4) is 0 Å². The van der Waals surface area contributed by atoms with Crippen LogP contribution in [-0.2, 0) is 12.3 Å². The molecule has 0 aromatic rings. The van der Waals surface area contributed by atoms with E-state index in [1.807, 2.05) is 0 Å². The molecule has 0 saturated carbocycles. The summed E-state index contributed by atoms with van der Waals surface area (Å²) in [6, 6.07) is 0. The molecule has 14 heavy (non-hydrogen) atoms. The lowest BCUT2D eigenvalue weighted by atomic mass is 11.8. The fourth-order valence-electron chi connectivity index (χ4n) is 1.08. The molecular weight excluding hydrogens is 244 g/mol. The van der Waals surface area contributed by atoms with Gasteiger partial charge in [-0.05, 0) is 45.8 Å². The molecule has 0 bridgehead atoms. The molecule has 3 nitrogen and oxygen atoms in total. The lowest BCUT2D eigenvalue weighted by Crippen LogP contribution is -2.46. The minimum Gasteiger partial charge on any atom is -0.444 e. The molecule has 0 aliphatic heterocycles. The highest BCUT2D eigenvalue weighted by molar-refractivity contribution is 6.82. The van der Waals surface area contributed by atoms with Gasteiger partial charge in [-0.25, -0.2) is 0 Å². The Hall–Kier alpha value is 0.748. The van der Waals surface area contributed by atoms with E-state index in [2.05, 4.69) is 45.8 Å². The van der Waals surface area contributed by atoms with E-state index in [-0.39, 0.29) is 0 Å². The maximum atomic E-state index is 6.03. The Morgan fingerprint density at radius 3 is 1.86 bits per heavy atom. The van der Waals surface area contributed by atoms with Gasteiger partial charge >= 0.3 is 8.56 Å². The van der Waals surface area contributed by atoms with Gasteiger partial charge in [0.15, 0.2) is 17.4 Å². The summed E-state index contributed by atoms with van der Waals surface area (Å²) in [5.41, 5.74) is 0. The van der Waals surface area contributed by atoms with Crippen molar-refractivity contribution in [2.24, 2.45) is 0 Å². The Morgan fingerprint density at radius 1 is 1.00 bits per heavy atom. The van der Waals surface area contributed by atoms with Crippen LogP contribution < -0.4 is 0 Å². The maximum absolute atomic E-state index is 6.03. The summed E-state index contributed by atoms with van der Waals surface area (Å²) in [6.45, 7) is 15.2. The molecule has 0 aliphatic rings. The van der Waals surface area contributed by atoms with Crippen LogP contribution in [0.4, 0.5) is 0 Å². The first-order valence-electron chi connectivity index (χ1n) is 5.08. The fraction of sp³-hybridized carbons (Fsp3) is 1.00. The Morgan fingerprint density at radius 2 is 1.50 bits per heavy atom. The van der Waals surface area contributed by atoms with Crippen LogP contribution in [0.2, 0.25) is 45.8 Å². The van der Waals surface area contributed by atoms with Gasteiger partial charge in [0.1, 0.15) is 0 Å². The van der Waals surface area contributed by atoms with Crippen molar-refractivity contribution in [2.75, 3.05) is 0 Å². The number of hydrogen-bond donors (Lipinski definition) is 0. The van der Waals surface area contributed by atoms with E-state index < -0.39 is 35.9 Å². The van der Waals surface area contributed by atoms with Gasteiger partial charge in [0.25, 0.3) is 10.0 Å². The van der Waals surface area contributed by atoms with Crippen molar-refractivity contribution in [3.8, 4) is 0 Å². The van der Waals surface area contributed by atoms with Crippen molar-refractivity contribution in [1.29, 1.82) is 0 Å². The Balaban J connectivity index is 3.84. The standard InChI is InChI=1S/C7H24O3Si4/c1-12(2)8-11-9-14(6,7)10-13(3,4)5/h12H,11H2,1-7H3. The van der Waals surface area contributed by atoms with Gasteiger partial charge in [0, 0.05) is 0 Å². The van der Waals surface area contributed by atoms with E-state index in [1.54, 1.807) is 0 Å². The number of rotatable bonds is 6. The first kappa shape index (κ1) is 14.7. The normalized spacial score (nSPS) is 14.6. The summed E-state index contributed by atoms with van der Waals surface area (Å²) in [4.78, 5) is 0. The molecule has 86 valence electrons. The molecule has 0 N–H and O–H groups in total. The Kier molecular flexibility index (Phi) is 6.03. The molecular formula is C7H24O3Si4. The van der Waals surface area contributed by atoms with Crippen LogP contribution in [0.1, 0.15) is 0 Å². The van der Waals surface area contributed by atoms with Crippen molar-refractivity contribution in [1.82, 2.24) is 0 Å². The fourth-order valence-corrected chi connectivity index (χ4v) is 10.9. The molecule has 0 unspecified atom stereocenters. The summed E-state index contributed by atoms with van der Waals surface area (Å²) in [5.74, 6) is 0. The molecule has 0 aromatic heterocycles. The third kappa shape index (κ3) is 9.31. The van der Waals surface area contributed by atoms with E-state index in [0.29, 0.717) is 0 Å². The third-order valence-electron chi connectivity index (χ3n) is 1.36. The molecule has 0 aliphatic carbocycles. The van der Waals surface area contributed by atoms with Crippen molar-refractivity contribution >= 4 is 35.9 Å². The van der Waals surface area contributed by atoms with Crippen LogP contribution in [0.25, 0.3) is 0 Å². The summed E-state index contributed by atoms with van der Waals surface area (Å²) < 4.78 is 17.5.